The van der Waals surface area contributed by atoms with Gasteiger partial charge < -0.3 is 15.8 Å². The van der Waals surface area contributed by atoms with Crippen LogP contribution in [-0.2, 0) is 4.79 Å². The average Bonchev–Trinajstić information content (AvgIpc) is 2.96. The standard InChI is InChI=1S/C14H12N4O2S/c1-7-5-18-13(15)12(17-14(18)21-7)8-2-3-10-9(4-8)16-11(19)6-20-10/h2-5H,6,15H2,1H3,(H,16,19). The molecule has 0 bridgehead atoms. The van der Waals surface area contributed by atoms with Crippen LogP contribution in [0.5, 0.6) is 5.75 Å². The lowest BCUT2D eigenvalue weighted by molar-refractivity contribution is -0.118. The zero-order valence-electron chi connectivity index (χ0n) is 11.2. The molecule has 6 nitrogen and oxygen atoms in total. The molecule has 4 rings (SSSR count). The van der Waals surface area contributed by atoms with Crippen molar-refractivity contribution in [2.45, 2.75) is 6.92 Å². The number of nitrogens with zero attached hydrogens (tertiary/aromatic N) is 2. The summed E-state index contributed by atoms with van der Waals surface area (Å²) in [5.74, 6) is 1.10. The van der Waals surface area contributed by atoms with E-state index < -0.39 is 0 Å². The molecule has 0 unspecified atom stereocenters. The Morgan fingerprint density at radius 2 is 2.33 bits per heavy atom. The maximum absolute atomic E-state index is 11.4. The number of anilines is 2. The van der Waals surface area contributed by atoms with Crippen molar-refractivity contribution in [3.05, 3.63) is 29.3 Å². The van der Waals surface area contributed by atoms with E-state index in [0.29, 0.717) is 22.9 Å². The number of aryl methyl sites for hydroxylation is 1. The lowest BCUT2D eigenvalue weighted by Crippen LogP contribution is -2.25. The number of benzene rings is 1. The molecule has 3 heterocycles. The summed E-state index contributed by atoms with van der Waals surface area (Å²) in [6.45, 7) is 2.07. The minimum atomic E-state index is -0.158. The number of carbonyl (C=O) groups excluding carboxylic acids is 1. The first-order chi connectivity index (χ1) is 10.1. The number of amides is 1. The van der Waals surface area contributed by atoms with Gasteiger partial charge in [-0.3, -0.25) is 9.20 Å². The second-order valence-electron chi connectivity index (χ2n) is 4.89. The number of imidazole rings is 1. The predicted molar refractivity (Wildman–Crippen MR) is 81.8 cm³/mol. The predicted octanol–water partition coefficient (Wildman–Crippen LogP) is 2.28. The fourth-order valence-corrected chi connectivity index (χ4v) is 3.25. The maximum Gasteiger partial charge on any atom is 0.262 e. The molecule has 0 radical (unpaired) electrons. The number of hydrogen-bond donors (Lipinski definition) is 2. The van der Waals surface area contributed by atoms with Crippen LogP contribution in [0.15, 0.2) is 24.4 Å². The van der Waals surface area contributed by atoms with E-state index in [-0.39, 0.29) is 12.5 Å². The Kier molecular flexibility index (Phi) is 2.46. The number of nitrogen functional groups attached to an aromatic ring is 1. The molecular weight excluding hydrogens is 288 g/mol. The van der Waals surface area contributed by atoms with Crippen molar-refractivity contribution in [1.29, 1.82) is 0 Å². The second-order valence-corrected chi connectivity index (χ2v) is 6.10. The lowest BCUT2D eigenvalue weighted by atomic mass is 10.1. The second kappa shape index (κ2) is 4.23. The van der Waals surface area contributed by atoms with Crippen LogP contribution in [0.25, 0.3) is 16.2 Å². The van der Waals surface area contributed by atoms with Gasteiger partial charge in [-0.15, -0.1) is 11.3 Å². The van der Waals surface area contributed by atoms with Gasteiger partial charge >= 0.3 is 0 Å². The van der Waals surface area contributed by atoms with Gasteiger partial charge in [0.15, 0.2) is 11.6 Å². The summed E-state index contributed by atoms with van der Waals surface area (Å²) in [5.41, 5.74) is 8.39. The van der Waals surface area contributed by atoms with Gasteiger partial charge in [-0.1, -0.05) is 0 Å². The molecule has 3 N–H and O–H groups in total. The van der Waals surface area contributed by atoms with E-state index in [9.17, 15) is 4.79 Å². The Morgan fingerprint density at radius 1 is 1.48 bits per heavy atom. The summed E-state index contributed by atoms with van der Waals surface area (Å²) in [6, 6.07) is 5.55. The molecule has 0 saturated carbocycles. The number of ether oxygens (including phenoxy) is 1. The summed E-state index contributed by atoms with van der Waals surface area (Å²) < 4.78 is 7.23. The molecular formula is C14H12N4O2S. The van der Waals surface area contributed by atoms with Crippen LogP contribution in [0.4, 0.5) is 11.5 Å². The Hall–Kier alpha value is -2.54. The minimum absolute atomic E-state index is 0.0496. The van der Waals surface area contributed by atoms with E-state index in [4.69, 9.17) is 10.5 Å². The number of nitrogens with one attached hydrogen (secondary N) is 1. The van der Waals surface area contributed by atoms with E-state index in [2.05, 4.69) is 10.3 Å². The summed E-state index contributed by atoms with van der Waals surface area (Å²) in [5, 5.41) is 2.79. The van der Waals surface area contributed by atoms with Gasteiger partial charge in [0.2, 0.25) is 0 Å². The van der Waals surface area contributed by atoms with E-state index in [0.717, 1.165) is 15.4 Å². The van der Waals surface area contributed by atoms with Crippen molar-refractivity contribution >= 4 is 33.7 Å². The van der Waals surface area contributed by atoms with Gasteiger partial charge in [0.25, 0.3) is 5.91 Å². The molecule has 1 aliphatic rings. The smallest absolute Gasteiger partial charge is 0.262 e. The number of hydrogen-bond acceptors (Lipinski definition) is 5. The van der Waals surface area contributed by atoms with Crippen molar-refractivity contribution in [3.8, 4) is 17.0 Å². The molecule has 1 amide bonds. The number of thiazole rings is 1. The molecule has 3 aromatic rings. The van der Waals surface area contributed by atoms with Crippen LogP contribution in [0, 0.1) is 6.92 Å². The van der Waals surface area contributed by atoms with Crippen LogP contribution in [0.3, 0.4) is 0 Å². The molecule has 1 aromatic carbocycles. The lowest BCUT2D eigenvalue weighted by Gasteiger charge is -2.18. The summed E-state index contributed by atoms with van der Waals surface area (Å²) in [4.78, 5) is 18.0. The fraction of sp³-hybridized carbons (Fsp3) is 0.143. The van der Waals surface area contributed by atoms with E-state index in [1.54, 1.807) is 11.3 Å². The summed E-state index contributed by atoms with van der Waals surface area (Å²) in [6.07, 6.45) is 1.97. The van der Waals surface area contributed by atoms with Crippen LogP contribution >= 0.6 is 11.3 Å². The van der Waals surface area contributed by atoms with E-state index in [1.165, 1.54) is 0 Å². The van der Waals surface area contributed by atoms with Crippen LogP contribution in [0.1, 0.15) is 4.88 Å². The van der Waals surface area contributed by atoms with Gasteiger partial charge in [-0.05, 0) is 25.1 Å². The van der Waals surface area contributed by atoms with Gasteiger partial charge in [0.05, 0.1) is 5.69 Å². The SMILES string of the molecule is Cc1cn2c(N)c(-c3ccc4c(c3)NC(=O)CO4)nc2s1. The summed E-state index contributed by atoms with van der Waals surface area (Å²) in [7, 11) is 0. The first kappa shape index (κ1) is 12.2. The Labute approximate surface area is 124 Å². The molecule has 21 heavy (non-hydrogen) atoms. The molecule has 0 atom stereocenters. The Balaban J connectivity index is 1.85. The zero-order chi connectivity index (χ0) is 14.6. The Morgan fingerprint density at radius 3 is 3.14 bits per heavy atom. The highest BCUT2D eigenvalue weighted by Crippen LogP contribution is 2.35. The highest BCUT2D eigenvalue weighted by molar-refractivity contribution is 7.17. The third kappa shape index (κ3) is 1.85. The fourth-order valence-electron chi connectivity index (χ4n) is 2.42. The first-order valence-corrected chi connectivity index (χ1v) is 7.24. The first-order valence-electron chi connectivity index (χ1n) is 6.43. The van der Waals surface area contributed by atoms with Crippen molar-refractivity contribution in [3.63, 3.8) is 0 Å². The van der Waals surface area contributed by atoms with Gasteiger partial charge in [-0.2, -0.15) is 0 Å². The number of fused-ring (bicyclic) bond motifs is 2. The minimum Gasteiger partial charge on any atom is -0.482 e. The average molecular weight is 300 g/mol. The maximum atomic E-state index is 11.4. The molecule has 0 saturated heterocycles. The Bertz CT molecular complexity index is 881. The third-order valence-electron chi connectivity index (χ3n) is 3.36. The molecule has 106 valence electrons. The third-order valence-corrected chi connectivity index (χ3v) is 4.26. The van der Waals surface area contributed by atoms with Gasteiger partial charge in [0.1, 0.15) is 17.3 Å². The highest BCUT2D eigenvalue weighted by atomic mass is 32.1. The number of rotatable bonds is 1. The van der Waals surface area contributed by atoms with Crippen molar-refractivity contribution in [2.75, 3.05) is 17.7 Å². The van der Waals surface area contributed by atoms with Gasteiger partial charge in [-0.25, -0.2) is 4.98 Å². The van der Waals surface area contributed by atoms with E-state index >= 15 is 0 Å². The number of carbonyl (C=O) groups is 1. The topological polar surface area (TPSA) is 81.7 Å². The number of aromatic nitrogens is 2. The van der Waals surface area contributed by atoms with Crippen LogP contribution < -0.4 is 15.8 Å². The molecule has 0 aliphatic carbocycles. The van der Waals surface area contributed by atoms with Crippen molar-refractivity contribution < 1.29 is 9.53 Å². The quantitative estimate of drug-likeness (QED) is 0.722. The molecule has 0 spiro atoms. The van der Waals surface area contributed by atoms with Crippen LogP contribution in [-0.4, -0.2) is 21.9 Å². The van der Waals surface area contributed by atoms with Crippen LogP contribution in [0.2, 0.25) is 0 Å². The van der Waals surface area contributed by atoms with E-state index in [1.807, 2.05) is 35.7 Å². The summed E-state index contributed by atoms with van der Waals surface area (Å²) >= 11 is 1.59. The number of nitrogens with two attached hydrogens (primary N) is 1. The molecule has 2 aromatic heterocycles. The molecule has 1 aliphatic heterocycles. The molecule has 7 heteroatoms. The highest BCUT2D eigenvalue weighted by Gasteiger charge is 2.19. The normalized spacial score (nSPS) is 13.9. The van der Waals surface area contributed by atoms with Crippen molar-refractivity contribution in [2.24, 2.45) is 0 Å². The zero-order valence-corrected chi connectivity index (χ0v) is 12.0. The van der Waals surface area contributed by atoms with Crippen molar-refractivity contribution in [1.82, 2.24) is 9.38 Å². The monoisotopic (exact) mass is 300 g/mol. The van der Waals surface area contributed by atoms with Gasteiger partial charge in [0, 0.05) is 16.6 Å². The largest absolute Gasteiger partial charge is 0.482 e. The molecule has 0 fully saturated rings.